The van der Waals surface area contributed by atoms with Crippen LogP contribution in [0.15, 0.2) is 48.5 Å². The quantitative estimate of drug-likeness (QED) is 0.845. The van der Waals surface area contributed by atoms with E-state index in [1.165, 1.54) is 27.2 Å². The summed E-state index contributed by atoms with van der Waals surface area (Å²) >= 11 is 0. The predicted molar refractivity (Wildman–Crippen MR) is 113 cm³/mol. The zero-order chi connectivity index (χ0) is 20.2. The molecule has 1 N–H and O–H groups in total. The van der Waals surface area contributed by atoms with Crippen molar-refractivity contribution in [2.24, 2.45) is 0 Å². The number of rotatable bonds is 5. The van der Waals surface area contributed by atoms with E-state index in [1.54, 1.807) is 14.2 Å². The Labute approximate surface area is 172 Å². The largest absolute Gasteiger partial charge is 0.493 e. The summed E-state index contributed by atoms with van der Waals surface area (Å²) in [4.78, 5) is 16.2. The molecule has 1 unspecified atom stereocenters. The van der Waals surface area contributed by atoms with Gasteiger partial charge in [0.25, 0.3) is 5.91 Å². The third kappa shape index (κ3) is 4.30. The maximum atomic E-state index is 12.9. The average molecular weight is 394 g/mol. The fourth-order valence-corrected chi connectivity index (χ4v) is 4.32. The Balaban J connectivity index is 1.37. The van der Waals surface area contributed by atoms with Crippen LogP contribution in [0.4, 0.5) is 0 Å². The Morgan fingerprint density at radius 2 is 1.76 bits per heavy atom. The summed E-state index contributed by atoms with van der Waals surface area (Å²) in [5.41, 5.74) is 5.16. The lowest BCUT2D eigenvalue weighted by Gasteiger charge is -2.30. The highest BCUT2D eigenvalue weighted by molar-refractivity contribution is 5.79. The van der Waals surface area contributed by atoms with Crippen LogP contribution in [0.3, 0.4) is 0 Å². The zero-order valence-corrected chi connectivity index (χ0v) is 17.2. The average Bonchev–Trinajstić information content (AvgIpc) is 2.78. The van der Waals surface area contributed by atoms with Crippen LogP contribution in [-0.2, 0) is 17.8 Å². The van der Waals surface area contributed by atoms with Gasteiger partial charge in [0, 0.05) is 25.1 Å². The van der Waals surface area contributed by atoms with Gasteiger partial charge in [-0.1, -0.05) is 36.4 Å². The molecule has 29 heavy (non-hydrogen) atoms. The van der Waals surface area contributed by atoms with Gasteiger partial charge in [-0.3, -0.25) is 4.79 Å². The van der Waals surface area contributed by atoms with Crippen molar-refractivity contribution in [3.63, 3.8) is 0 Å². The molecule has 1 atom stereocenters. The van der Waals surface area contributed by atoms with Crippen LogP contribution in [-0.4, -0.2) is 51.2 Å². The zero-order valence-electron chi connectivity index (χ0n) is 17.2. The van der Waals surface area contributed by atoms with Crippen LogP contribution in [0.2, 0.25) is 0 Å². The Hall–Kier alpha value is -2.79. The Morgan fingerprint density at radius 1 is 1.03 bits per heavy atom. The van der Waals surface area contributed by atoms with Gasteiger partial charge in [-0.25, -0.2) is 0 Å². The topological polar surface area (TPSA) is 43.2 Å². The molecule has 0 saturated carbocycles. The van der Waals surface area contributed by atoms with Gasteiger partial charge in [0.15, 0.2) is 18.0 Å². The molecule has 0 aromatic heterocycles. The number of ether oxygens (including phenoxy) is 2. The second-order valence-electron chi connectivity index (χ2n) is 7.76. The van der Waals surface area contributed by atoms with E-state index in [1.807, 2.05) is 11.0 Å². The number of carbonyl (C=O) groups is 1. The van der Waals surface area contributed by atoms with Crippen molar-refractivity contribution in [2.75, 3.05) is 40.4 Å². The number of nitrogens with one attached hydrogen (secondary N) is 1. The fraction of sp³-hybridized carbons (Fsp3) is 0.375. The lowest BCUT2D eigenvalue weighted by Crippen LogP contribution is -3.12. The summed E-state index contributed by atoms with van der Waals surface area (Å²) < 4.78 is 10.9. The number of hydrogen-bond donors (Lipinski definition) is 1. The van der Waals surface area contributed by atoms with Crippen LogP contribution in [0.25, 0.3) is 5.57 Å². The molecule has 1 amide bonds. The van der Waals surface area contributed by atoms with E-state index in [2.05, 4.69) is 42.5 Å². The summed E-state index contributed by atoms with van der Waals surface area (Å²) in [5.74, 6) is 1.78. The molecule has 0 aliphatic carbocycles. The van der Waals surface area contributed by atoms with Gasteiger partial charge in [0.1, 0.15) is 6.54 Å². The number of quaternary nitrogens is 1. The number of methoxy groups -OCH3 is 2. The van der Waals surface area contributed by atoms with Gasteiger partial charge in [-0.05, 0) is 35.3 Å². The van der Waals surface area contributed by atoms with Crippen molar-refractivity contribution >= 4 is 11.5 Å². The van der Waals surface area contributed by atoms with Crippen LogP contribution in [0.1, 0.15) is 23.1 Å². The number of amides is 1. The highest BCUT2D eigenvalue weighted by Crippen LogP contribution is 2.31. The van der Waals surface area contributed by atoms with Gasteiger partial charge in [-0.15, -0.1) is 0 Å². The lowest BCUT2D eigenvalue weighted by atomic mass is 9.98. The number of benzene rings is 2. The highest BCUT2D eigenvalue weighted by atomic mass is 16.5. The smallest absolute Gasteiger partial charge is 0.278 e. The van der Waals surface area contributed by atoms with Crippen LogP contribution < -0.4 is 14.4 Å². The summed E-state index contributed by atoms with van der Waals surface area (Å²) in [6.07, 6.45) is 4.08. The monoisotopic (exact) mass is 393 g/mol. The third-order valence-corrected chi connectivity index (χ3v) is 6.00. The van der Waals surface area contributed by atoms with E-state index in [9.17, 15) is 4.79 Å². The Kier molecular flexibility index (Phi) is 5.86. The van der Waals surface area contributed by atoms with E-state index in [-0.39, 0.29) is 5.91 Å². The van der Waals surface area contributed by atoms with Crippen molar-refractivity contribution in [2.45, 2.75) is 19.4 Å². The molecule has 2 heterocycles. The van der Waals surface area contributed by atoms with Crippen molar-refractivity contribution in [1.82, 2.24) is 4.90 Å². The SMILES string of the molecule is COc1cc2c(cc1OC)C[NH+](CC(=O)N1CC=C(c3ccccc3)CC1)CC2. The van der Waals surface area contributed by atoms with E-state index in [0.717, 1.165) is 44.0 Å². The molecule has 5 heteroatoms. The molecule has 0 saturated heterocycles. The van der Waals surface area contributed by atoms with Crippen molar-refractivity contribution < 1.29 is 19.2 Å². The van der Waals surface area contributed by atoms with Gasteiger partial charge in [-0.2, -0.15) is 0 Å². The molecule has 2 aliphatic heterocycles. The van der Waals surface area contributed by atoms with Gasteiger partial charge >= 0.3 is 0 Å². The van der Waals surface area contributed by atoms with Crippen LogP contribution in [0, 0.1) is 0 Å². The summed E-state index contributed by atoms with van der Waals surface area (Å²) in [6, 6.07) is 14.6. The minimum atomic E-state index is 0.243. The van der Waals surface area contributed by atoms with Gasteiger partial charge < -0.3 is 19.3 Å². The van der Waals surface area contributed by atoms with E-state index in [4.69, 9.17) is 9.47 Å². The Morgan fingerprint density at radius 3 is 2.41 bits per heavy atom. The van der Waals surface area contributed by atoms with Gasteiger partial charge in [0.2, 0.25) is 0 Å². The third-order valence-electron chi connectivity index (χ3n) is 6.00. The van der Waals surface area contributed by atoms with Crippen molar-refractivity contribution in [3.05, 3.63) is 65.2 Å². The lowest BCUT2D eigenvalue weighted by molar-refractivity contribution is -0.908. The minimum Gasteiger partial charge on any atom is -0.493 e. The standard InChI is InChI=1S/C24H28N2O3/c1-28-22-14-20-8-11-25(16-21(20)15-23(22)29-2)17-24(27)26-12-9-19(10-13-26)18-6-4-3-5-7-18/h3-7,9,14-15H,8,10-13,16-17H2,1-2H3/p+1. The summed E-state index contributed by atoms with van der Waals surface area (Å²) in [7, 11) is 3.33. The first-order valence-electron chi connectivity index (χ1n) is 10.3. The first-order chi connectivity index (χ1) is 14.2. The maximum Gasteiger partial charge on any atom is 0.278 e. The predicted octanol–water partition coefficient (Wildman–Crippen LogP) is 1.96. The van der Waals surface area contributed by atoms with E-state index < -0.39 is 0 Å². The molecule has 2 aromatic carbocycles. The molecule has 0 bridgehead atoms. The number of nitrogens with zero attached hydrogens (tertiary/aromatic N) is 1. The normalized spacial score (nSPS) is 18.6. The van der Waals surface area contributed by atoms with E-state index >= 15 is 0 Å². The van der Waals surface area contributed by atoms with Gasteiger partial charge in [0.05, 0.1) is 20.8 Å². The molecule has 0 radical (unpaired) electrons. The number of carbonyl (C=O) groups excluding carboxylic acids is 1. The van der Waals surface area contributed by atoms with Crippen LogP contribution in [0.5, 0.6) is 11.5 Å². The first kappa shape index (κ1) is 19.5. The molecule has 5 nitrogen and oxygen atoms in total. The number of fused-ring (bicyclic) bond motifs is 1. The van der Waals surface area contributed by atoms with Crippen molar-refractivity contribution in [3.8, 4) is 11.5 Å². The fourth-order valence-electron chi connectivity index (χ4n) is 4.32. The molecule has 2 aliphatic rings. The Bertz CT molecular complexity index is 908. The molecule has 152 valence electrons. The minimum absolute atomic E-state index is 0.243. The highest BCUT2D eigenvalue weighted by Gasteiger charge is 2.26. The first-order valence-corrected chi connectivity index (χ1v) is 10.3. The molecule has 0 fully saturated rings. The van der Waals surface area contributed by atoms with Crippen LogP contribution >= 0.6 is 0 Å². The number of hydrogen-bond acceptors (Lipinski definition) is 3. The second-order valence-corrected chi connectivity index (χ2v) is 7.76. The molecule has 4 rings (SSSR count). The maximum absolute atomic E-state index is 12.9. The van der Waals surface area contributed by atoms with Crippen molar-refractivity contribution in [1.29, 1.82) is 0 Å². The molecule has 0 spiro atoms. The molecular formula is C24H29N2O3+. The summed E-state index contributed by atoms with van der Waals surface area (Å²) in [6.45, 7) is 3.86. The molecule has 2 aromatic rings. The summed E-state index contributed by atoms with van der Waals surface area (Å²) in [5, 5.41) is 0. The molecular weight excluding hydrogens is 364 g/mol. The second kappa shape index (κ2) is 8.70. The van der Waals surface area contributed by atoms with E-state index in [0.29, 0.717) is 13.1 Å².